The summed E-state index contributed by atoms with van der Waals surface area (Å²) in [6.45, 7) is 7.71. The maximum Gasteiger partial charge on any atom is 0.498 e. The van der Waals surface area contributed by atoms with Gasteiger partial charge in [-0.2, -0.15) is 18.0 Å². The molecule has 0 unspecified atom stereocenters. The molecule has 2 heterocycles. The van der Waals surface area contributed by atoms with Crippen molar-refractivity contribution in [2.75, 3.05) is 19.6 Å². The molecule has 41 heavy (non-hydrogen) atoms. The van der Waals surface area contributed by atoms with Crippen LogP contribution in [0.1, 0.15) is 72.3 Å². The smallest absolute Gasteiger partial charge is 0.336 e. The van der Waals surface area contributed by atoms with Crippen molar-refractivity contribution in [3.8, 4) is 0 Å². The number of rotatable bonds is 5. The van der Waals surface area contributed by atoms with Crippen LogP contribution in [0.2, 0.25) is 0 Å². The van der Waals surface area contributed by atoms with E-state index < -0.39 is 29.4 Å². The van der Waals surface area contributed by atoms with E-state index in [0.29, 0.717) is 17.0 Å². The van der Waals surface area contributed by atoms with Gasteiger partial charge >= 0.3 is 17.7 Å². The van der Waals surface area contributed by atoms with Gasteiger partial charge in [0.15, 0.2) is 0 Å². The fraction of sp³-hybridized carbons (Fsp3) is 0.536. The molecule has 0 radical (unpaired) electrons. The van der Waals surface area contributed by atoms with Crippen molar-refractivity contribution in [1.82, 2.24) is 14.9 Å². The molecule has 222 valence electrons. The molecule has 1 aromatic heterocycles. The molecule has 1 saturated carbocycles. The van der Waals surface area contributed by atoms with Crippen molar-refractivity contribution in [2.24, 2.45) is 5.41 Å². The highest BCUT2D eigenvalue weighted by molar-refractivity contribution is 5.97. The number of aromatic nitrogens is 2. The summed E-state index contributed by atoms with van der Waals surface area (Å²) in [5, 5.41) is 2.08. The van der Waals surface area contributed by atoms with E-state index >= 15 is 0 Å². The third-order valence-corrected chi connectivity index (χ3v) is 8.12. The highest BCUT2D eigenvalue weighted by atomic mass is 19.4. The molecule has 2 aliphatic rings. The van der Waals surface area contributed by atoms with E-state index in [1.807, 2.05) is 4.90 Å². The van der Waals surface area contributed by atoms with Crippen LogP contribution in [0.3, 0.4) is 0 Å². The second kappa shape index (κ2) is 11.2. The lowest BCUT2D eigenvalue weighted by Gasteiger charge is -2.43. The van der Waals surface area contributed by atoms with Crippen LogP contribution in [-0.4, -0.2) is 64.5 Å². The van der Waals surface area contributed by atoms with Gasteiger partial charge in [-0.1, -0.05) is 25.0 Å². The molecule has 1 N–H and O–H groups in total. The molecule has 2 fully saturated rings. The van der Waals surface area contributed by atoms with Gasteiger partial charge in [0, 0.05) is 30.3 Å². The van der Waals surface area contributed by atoms with Crippen molar-refractivity contribution in [1.29, 1.82) is 0 Å². The normalized spacial score (nSPS) is 18.0. The van der Waals surface area contributed by atoms with Crippen molar-refractivity contribution in [2.45, 2.75) is 72.0 Å². The maximum absolute atomic E-state index is 14.8. The van der Waals surface area contributed by atoms with Gasteiger partial charge in [-0.3, -0.25) is 14.4 Å². The molecule has 1 aromatic carbocycles. The first-order valence-electron chi connectivity index (χ1n) is 13.4. The molecule has 2 aromatic rings. The van der Waals surface area contributed by atoms with Crippen LogP contribution >= 0.6 is 0 Å². The molecule has 4 rings (SSSR count). The zero-order valence-corrected chi connectivity index (χ0v) is 23.4. The van der Waals surface area contributed by atoms with E-state index in [0.717, 1.165) is 31.7 Å². The van der Waals surface area contributed by atoms with E-state index in [4.69, 9.17) is 0 Å². The Kier molecular flexibility index (Phi) is 8.28. The molecular formula is C28H33F4N4O5+. The zero-order valence-electron chi connectivity index (χ0n) is 23.4. The Balaban J connectivity index is 1.53. The van der Waals surface area contributed by atoms with E-state index in [2.05, 4.69) is 23.8 Å². The summed E-state index contributed by atoms with van der Waals surface area (Å²) in [5.74, 6) is -4.25. The third-order valence-electron chi connectivity index (χ3n) is 8.12. The van der Waals surface area contributed by atoms with Crippen LogP contribution < -0.4 is 15.2 Å². The molecular weight excluding hydrogens is 548 g/mol. The Morgan fingerprint density at radius 3 is 2.37 bits per heavy atom. The van der Waals surface area contributed by atoms with Crippen LogP contribution in [0, 0.1) is 25.1 Å². The summed E-state index contributed by atoms with van der Waals surface area (Å²) in [6.07, 6.45) is -1.72. The summed E-state index contributed by atoms with van der Waals surface area (Å²) >= 11 is 0. The van der Waals surface area contributed by atoms with E-state index in [-0.39, 0.29) is 59.3 Å². The Morgan fingerprint density at radius 1 is 1.10 bits per heavy atom. The van der Waals surface area contributed by atoms with Gasteiger partial charge < -0.3 is 9.80 Å². The third kappa shape index (κ3) is 6.59. The minimum atomic E-state index is -5.32. The van der Waals surface area contributed by atoms with Crippen LogP contribution in [0.5, 0.6) is 0 Å². The summed E-state index contributed by atoms with van der Waals surface area (Å²) < 4.78 is 53.3. The lowest BCUT2D eigenvalue weighted by atomic mass is 9.75. The van der Waals surface area contributed by atoms with Gasteiger partial charge in [-0.25, -0.2) is 9.18 Å². The molecule has 1 aliphatic heterocycles. The number of hydrogen-bond donors (Lipinski definition) is 1. The van der Waals surface area contributed by atoms with Gasteiger partial charge in [0.2, 0.25) is 5.91 Å². The SMILES string of the molecule is Cc1c(C)c(=O)[nH][n+](OC(=O)C(F)(F)F)c1Cc1ccc(F)c(C(=O)N2CCN(C3CCC(C)(C)CC3)C(=O)C2)c1. The van der Waals surface area contributed by atoms with Gasteiger partial charge in [0.1, 0.15) is 17.2 Å². The van der Waals surface area contributed by atoms with Crippen molar-refractivity contribution in [3.05, 3.63) is 62.3 Å². The maximum atomic E-state index is 14.8. The summed E-state index contributed by atoms with van der Waals surface area (Å²) in [7, 11) is 0. The Morgan fingerprint density at radius 2 is 1.76 bits per heavy atom. The molecule has 0 spiro atoms. The van der Waals surface area contributed by atoms with Crippen LogP contribution in [0.25, 0.3) is 0 Å². The highest BCUT2D eigenvalue weighted by Gasteiger charge is 2.46. The van der Waals surface area contributed by atoms with Crippen LogP contribution in [-0.2, 0) is 16.0 Å². The topological polar surface area (TPSA) is 104 Å². The second-order valence-electron chi connectivity index (χ2n) is 11.5. The van der Waals surface area contributed by atoms with Crippen LogP contribution in [0.15, 0.2) is 23.0 Å². The quantitative estimate of drug-likeness (QED) is 0.432. The number of carbonyl (C=O) groups is 3. The van der Waals surface area contributed by atoms with Crippen LogP contribution in [0.4, 0.5) is 17.6 Å². The molecule has 0 atom stereocenters. The van der Waals surface area contributed by atoms with Crippen molar-refractivity contribution < 1.29 is 41.6 Å². The first-order chi connectivity index (χ1) is 19.1. The minimum Gasteiger partial charge on any atom is -0.336 e. The number of alkyl halides is 3. The van der Waals surface area contributed by atoms with Crippen molar-refractivity contribution in [3.63, 3.8) is 0 Å². The van der Waals surface area contributed by atoms with Gasteiger partial charge in [0.25, 0.3) is 11.6 Å². The highest BCUT2D eigenvalue weighted by Crippen LogP contribution is 2.37. The van der Waals surface area contributed by atoms with Gasteiger partial charge in [0.05, 0.1) is 12.0 Å². The van der Waals surface area contributed by atoms with E-state index in [1.54, 1.807) is 0 Å². The number of nitrogens with zero attached hydrogens (tertiary/aromatic N) is 3. The standard InChI is InChI=1S/C28H32F4N4O5/c1-16-17(2)24(38)33-36(41-26(40)28(30,31)32)22(16)14-18-5-6-21(29)20(13-18)25(39)34-11-12-35(23(37)15-34)19-7-9-27(3,4)10-8-19/h5-6,13,19H,7-12,14-15H2,1-4H3/p+1. The fourth-order valence-electron chi connectivity index (χ4n) is 5.35. The number of piperazine rings is 1. The minimum absolute atomic E-state index is 0.0100. The number of carbonyl (C=O) groups excluding carboxylic acids is 3. The first-order valence-corrected chi connectivity index (χ1v) is 13.4. The molecule has 1 saturated heterocycles. The number of benzene rings is 1. The number of hydrogen-bond acceptors (Lipinski definition) is 5. The Hall–Kier alpha value is -3.77. The van der Waals surface area contributed by atoms with E-state index in [1.165, 1.54) is 30.9 Å². The lowest BCUT2D eigenvalue weighted by Crippen LogP contribution is -2.58. The largest absolute Gasteiger partial charge is 0.498 e. The average molecular weight is 582 g/mol. The molecule has 13 heteroatoms. The van der Waals surface area contributed by atoms with Gasteiger partial charge in [-0.15, -0.1) is 0 Å². The molecule has 9 nitrogen and oxygen atoms in total. The predicted molar refractivity (Wildman–Crippen MR) is 137 cm³/mol. The molecule has 1 aliphatic carbocycles. The predicted octanol–water partition coefficient (Wildman–Crippen LogP) is 2.78. The summed E-state index contributed by atoms with van der Waals surface area (Å²) in [5.41, 5.74) is -0.118. The number of halogens is 4. The number of nitrogens with one attached hydrogen (secondary N) is 1. The molecule has 0 bridgehead atoms. The number of aromatic amines is 1. The molecule has 2 amide bonds. The van der Waals surface area contributed by atoms with Gasteiger partial charge in [-0.05, 0) is 62.6 Å². The Labute approximate surface area is 234 Å². The monoisotopic (exact) mass is 581 g/mol. The van der Waals surface area contributed by atoms with E-state index in [9.17, 15) is 36.7 Å². The average Bonchev–Trinajstić information content (AvgIpc) is 2.90. The number of amides is 2. The summed E-state index contributed by atoms with van der Waals surface area (Å²) in [6, 6.07) is 3.74. The Bertz CT molecular complexity index is 1430. The zero-order chi connectivity index (χ0) is 30.3. The second-order valence-corrected chi connectivity index (χ2v) is 11.5. The number of H-pyrrole nitrogens is 1. The summed E-state index contributed by atoms with van der Waals surface area (Å²) in [4.78, 5) is 57.7. The first kappa shape index (κ1) is 30.2. The lowest BCUT2D eigenvalue weighted by molar-refractivity contribution is -0.921. The fourth-order valence-corrected chi connectivity index (χ4v) is 5.35. The van der Waals surface area contributed by atoms with Crippen molar-refractivity contribution >= 4 is 17.8 Å².